The monoisotopic (exact) mass is 272 g/mol. The van der Waals surface area contributed by atoms with Crippen LogP contribution in [0.5, 0.6) is 0 Å². The maximum Gasteiger partial charge on any atom is -0.0159 e. The molecule has 0 aliphatic carbocycles. The van der Waals surface area contributed by atoms with Gasteiger partial charge in [0.1, 0.15) is 0 Å². The Kier molecular flexibility index (Phi) is 6.52. The van der Waals surface area contributed by atoms with E-state index in [4.69, 9.17) is 0 Å². The van der Waals surface area contributed by atoms with Crippen LogP contribution in [0.3, 0.4) is 0 Å². The Bertz CT molecular complexity index is 420. The highest BCUT2D eigenvalue weighted by Gasteiger charge is 2.23. The lowest BCUT2D eigenvalue weighted by atomic mass is 9.75. The van der Waals surface area contributed by atoms with E-state index >= 15 is 0 Å². The van der Waals surface area contributed by atoms with Crippen molar-refractivity contribution in [3.05, 3.63) is 47.0 Å². The summed E-state index contributed by atoms with van der Waals surface area (Å²) in [7, 11) is 0. The van der Waals surface area contributed by atoms with Gasteiger partial charge >= 0.3 is 0 Å². The zero-order valence-corrected chi connectivity index (χ0v) is 14.3. The predicted molar refractivity (Wildman–Crippen MR) is 91.3 cm³/mol. The highest BCUT2D eigenvalue weighted by atomic mass is 14.3. The summed E-state index contributed by atoms with van der Waals surface area (Å²) >= 11 is 0. The first-order valence-electron chi connectivity index (χ1n) is 8.10. The summed E-state index contributed by atoms with van der Waals surface area (Å²) in [6.07, 6.45) is 7.22. The Morgan fingerprint density at radius 2 is 1.75 bits per heavy atom. The Labute approximate surface area is 126 Å². The molecule has 1 aromatic carbocycles. The Morgan fingerprint density at radius 3 is 2.25 bits per heavy atom. The van der Waals surface area contributed by atoms with Gasteiger partial charge in [0.05, 0.1) is 0 Å². The molecule has 112 valence electrons. The van der Waals surface area contributed by atoms with Crippen molar-refractivity contribution in [2.75, 3.05) is 0 Å². The maximum absolute atomic E-state index is 2.41. The molecule has 1 rings (SSSR count). The molecule has 0 fully saturated rings. The van der Waals surface area contributed by atoms with Crippen molar-refractivity contribution in [3.8, 4) is 0 Å². The van der Waals surface area contributed by atoms with Crippen LogP contribution in [-0.4, -0.2) is 0 Å². The first-order chi connectivity index (χ1) is 9.38. The molecule has 1 unspecified atom stereocenters. The topological polar surface area (TPSA) is 0 Å². The van der Waals surface area contributed by atoms with Gasteiger partial charge in [0.15, 0.2) is 0 Å². The number of rotatable bonds is 7. The summed E-state index contributed by atoms with van der Waals surface area (Å²) in [5.74, 6) is 0.681. The summed E-state index contributed by atoms with van der Waals surface area (Å²) < 4.78 is 0. The number of benzene rings is 1. The minimum atomic E-state index is 0.376. The van der Waals surface area contributed by atoms with Crippen molar-refractivity contribution < 1.29 is 0 Å². The lowest BCUT2D eigenvalue weighted by Crippen LogP contribution is -2.16. The van der Waals surface area contributed by atoms with E-state index in [-0.39, 0.29) is 0 Å². The summed E-state index contributed by atoms with van der Waals surface area (Å²) in [5.41, 5.74) is 4.77. The predicted octanol–water partition coefficient (Wildman–Crippen LogP) is 6.65. The number of allylic oxidation sites excluding steroid dienone is 2. The zero-order chi connectivity index (χ0) is 15.2. The fourth-order valence-electron chi connectivity index (χ4n) is 3.25. The quantitative estimate of drug-likeness (QED) is 0.487. The zero-order valence-electron chi connectivity index (χ0n) is 14.3. The highest BCUT2D eigenvalue weighted by molar-refractivity contribution is 5.24. The molecule has 1 aromatic rings. The van der Waals surface area contributed by atoms with E-state index < -0.39 is 0 Å². The van der Waals surface area contributed by atoms with Gasteiger partial charge in [0.2, 0.25) is 0 Å². The molecule has 0 radical (unpaired) electrons. The van der Waals surface area contributed by atoms with E-state index in [2.05, 4.69) is 71.9 Å². The van der Waals surface area contributed by atoms with Crippen molar-refractivity contribution in [3.63, 3.8) is 0 Å². The number of hydrogen-bond acceptors (Lipinski definition) is 0. The van der Waals surface area contributed by atoms with E-state index in [0.29, 0.717) is 11.3 Å². The van der Waals surface area contributed by atoms with Crippen molar-refractivity contribution in [1.29, 1.82) is 0 Å². The van der Waals surface area contributed by atoms with Gasteiger partial charge in [-0.3, -0.25) is 0 Å². The highest BCUT2D eigenvalue weighted by Crippen LogP contribution is 2.38. The van der Waals surface area contributed by atoms with E-state index in [9.17, 15) is 0 Å². The minimum absolute atomic E-state index is 0.376. The standard InChI is InChI=1S/C20H32/c1-7-9-17(4)14-20(5,6)15-18(8-2)19-12-10-16(3)11-13-19/h9-13,18H,7-8,14-15H2,1-6H3/b17-9+. The van der Waals surface area contributed by atoms with Crippen molar-refractivity contribution in [2.24, 2.45) is 5.41 Å². The van der Waals surface area contributed by atoms with Crippen LogP contribution in [0.1, 0.15) is 77.3 Å². The Balaban J connectivity index is 2.76. The van der Waals surface area contributed by atoms with Gasteiger partial charge < -0.3 is 0 Å². The van der Waals surface area contributed by atoms with Gasteiger partial charge in [-0.05, 0) is 56.4 Å². The van der Waals surface area contributed by atoms with E-state index in [1.54, 1.807) is 0 Å². The second-order valence-corrected chi connectivity index (χ2v) is 7.02. The maximum atomic E-state index is 2.41. The van der Waals surface area contributed by atoms with Gasteiger partial charge in [0.25, 0.3) is 0 Å². The van der Waals surface area contributed by atoms with Crippen molar-refractivity contribution in [2.45, 2.75) is 73.1 Å². The van der Waals surface area contributed by atoms with Gasteiger partial charge in [-0.25, -0.2) is 0 Å². The molecule has 1 atom stereocenters. The molecule has 0 heterocycles. The van der Waals surface area contributed by atoms with Crippen LogP contribution in [0.2, 0.25) is 0 Å². The second kappa shape index (κ2) is 7.67. The van der Waals surface area contributed by atoms with Crippen LogP contribution in [-0.2, 0) is 0 Å². The fourth-order valence-corrected chi connectivity index (χ4v) is 3.25. The number of hydrogen-bond donors (Lipinski definition) is 0. The average molecular weight is 272 g/mol. The van der Waals surface area contributed by atoms with Crippen LogP contribution in [0.4, 0.5) is 0 Å². The van der Waals surface area contributed by atoms with Gasteiger partial charge in [-0.15, -0.1) is 0 Å². The molecule has 0 aromatic heterocycles. The third-order valence-electron chi connectivity index (χ3n) is 4.15. The summed E-state index contributed by atoms with van der Waals surface area (Å²) in [6.45, 7) is 13.8. The Morgan fingerprint density at radius 1 is 1.15 bits per heavy atom. The second-order valence-electron chi connectivity index (χ2n) is 7.02. The molecule has 0 saturated carbocycles. The molecule has 0 aliphatic heterocycles. The molecular formula is C20H32. The fraction of sp³-hybridized carbons (Fsp3) is 0.600. The van der Waals surface area contributed by atoms with Gasteiger partial charge in [0, 0.05) is 0 Å². The molecule has 0 bridgehead atoms. The van der Waals surface area contributed by atoms with Crippen molar-refractivity contribution in [1.82, 2.24) is 0 Å². The van der Waals surface area contributed by atoms with E-state index in [1.807, 2.05) is 0 Å². The summed E-state index contributed by atoms with van der Waals surface area (Å²) in [6, 6.07) is 9.11. The smallest absolute Gasteiger partial charge is 0.0159 e. The molecule has 0 N–H and O–H groups in total. The normalized spacial score (nSPS) is 14.4. The first-order valence-corrected chi connectivity index (χ1v) is 8.10. The first kappa shape index (κ1) is 17.0. The third-order valence-corrected chi connectivity index (χ3v) is 4.15. The van der Waals surface area contributed by atoms with E-state index in [1.165, 1.54) is 36.0 Å². The summed E-state index contributed by atoms with van der Waals surface area (Å²) in [4.78, 5) is 0. The minimum Gasteiger partial charge on any atom is -0.0859 e. The number of aryl methyl sites for hydroxylation is 1. The van der Waals surface area contributed by atoms with Crippen LogP contribution in [0.25, 0.3) is 0 Å². The van der Waals surface area contributed by atoms with Crippen molar-refractivity contribution >= 4 is 0 Å². The SMILES string of the molecule is CC/C=C(\C)CC(C)(C)CC(CC)c1ccc(C)cc1. The molecule has 0 spiro atoms. The largest absolute Gasteiger partial charge is 0.0859 e. The molecule has 20 heavy (non-hydrogen) atoms. The summed E-state index contributed by atoms with van der Waals surface area (Å²) in [5, 5.41) is 0. The average Bonchev–Trinajstić information content (AvgIpc) is 2.36. The molecule has 0 nitrogen and oxygen atoms in total. The van der Waals surface area contributed by atoms with Gasteiger partial charge in [-0.1, -0.05) is 69.2 Å². The molecule has 0 amide bonds. The van der Waals surface area contributed by atoms with Crippen LogP contribution in [0.15, 0.2) is 35.9 Å². The Hall–Kier alpha value is -1.04. The van der Waals surface area contributed by atoms with Gasteiger partial charge in [-0.2, -0.15) is 0 Å². The third kappa shape index (κ3) is 5.53. The molecular weight excluding hydrogens is 240 g/mol. The molecule has 0 saturated heterocycles. The van der Waals surface area contributed by atoms with Crippen LogP contribution < -0.4 is 0 Å². The van der Waals surface area contributed by atoms with Crippen LogP contribution >= 0.6 is 0 Å². The molecule has 0 aliphatic rings. The molecule has 0 heteroatoms. The lowest BCUT2D eigenvalue weighted by Gasteiger charge is -2.30. The lowest BCUT2D eigenvalue weighted by molar-refractivity contribution is 0.297. The van der Waals surface area contributed by atoms with Crippen LogP contribution in [0, 0.1) is 12.3 Å². The van der Waals surface area contributed by atoms with E-state index in [0.717, 1.165) is 6.42 Å².